The number of anilines is 1. The topological polar surface area (TPSA) is 32.3 Å². The van der Waals surface area contributed by atoms with Gasteiger partial charge in [0.2, 0.25) is 5.91 Å². The molecule has 1 aliphatic heterocycles. The van der Waals surface area contributed by atoms with Crippen LogP contribution in [0.4, 0.5) is 5.69 Å². The Kier molecular flexibility index (Phi) is 4.63. The molecule has 0 radical (unpaired) electrons. The van der Waals surface area contributed by atoms with Crippen LogP contribution in [-0.2, 0) is 4.79 Å². The number of carbonyl (C=O) groups is 1. The summed E-state index contributed by atoms with van der Waals surface area (Å²) in [5.74, 6) is 0.192. The van der Waals surface area contributed by atoms with Gasteiger partial charge < -0.3 is 10.2 Å². The first-order chi connectivity index (χ1) is 8.97. The van der Waals surface area contributed by atoms with Gasteiger partial charge in [-0.25, -0.2) is 0 Å². The molecule has 4 heteroatoms. The van der Waals surface area contributed by atoms with Crippen molar-refractivity contribution in [3.8, 4) is 0 Å². The van der Waals surface area contributed by atoms with Gasteiger partial charge in [-0.3, -0.25) is 4.79 Å². The molecule has 0 saturated carbocycles. The highest BCUT2D eigenvalue weighted by molar-refractivity contribution is 9.10. The van der Waals surface area contributed by atoms with Crippen molar-refractivity contribution < 1.29 is 4.79 Å². The minimum absolute atomic E-state index is 0.0481. The van der Waals surface area contributed by atoms with Crippen LogP contribution in [0.25, 0.3) is 0 Å². The summed E-state index contributed by atoms with van der Waals surface area (Å²) in [4.78, 5) is 14.4. The number of amides is 1. The third-order valence-electron chi connectivity index (χ3n) is 3.31. The lowest BCUT2D eigenvalue weighted by atomic mass is 10.0. The third kappa shape index (κ3) is 3.57. The summed E-state index contributed by atoms with van der Waals surface area (Å²) in [7, 11) is 0. The molecule has 3 nitrogen and oxygen atoms in total. The largest absolute Gasteiger partial charge is 0.311 e. The Bertz CT molecular complexity index is 453. The van der Waals surface area contributed by atoms with Crippen LogP contribution >= 0.6 is 15.9 Å². The third-order valence-corrected chi connectivity index (χ3v) is 3.77. The molecular formula is C15H21BrN2O. The predicted molar refractivity (Wildman–Crippen MR) is 82.5 cm³/mol. The molecule has 0 spiro atoms. The molecule has 0 aromatic heterocycles. The van der Waals surface area contributed by atoms with Crippen LogP contribution in [0.1, 0.15) is 32.3 Å². The lowest BCUT2D eigenvalue weighted by molar-refractivity contribution is -0.121. The summed E-state index contributed by atoms with van der Waals surface area (Å²) in [6.45, 7) is 7.02. The Morgan fingerprint density at radius 3 is 2.74 bits per heavy atom. The molecule has 1 aromatic carbocycles. The van der Waals surface area contributed by atoms with Gasteiger partial charge in [0.1, 0.15) is 0 Å². The van der Waals surface area contributed by atoms with Crippen LogP contribution in [0.3, 0.4) is 0 Å². The Balaban J connectivity index is 2.21. The van der Waals surface area contributed by atoms with Crippen LogP contribution in [0, 0.1) is 6.92 Å². The fraction of sp³-hybridized carbons (Fsp3) is 0.533. The highest BCUT2D eigenvalue weighted by Gasteiger charge is 2.29. The maximum absolute atomic E-state index is 12.5. The zero-order chi connectivity index (χ0) is 14.0. The van der Waals surface area contributed by atoms with Gasteiger partial charge in [-0.05, 0) is 43.5 Å². The van der Waals surface area contributed by atoms with Crippen LogP contribution in [0.15, 0.2) is 22.7 Å². The van der Waals surface area contributed by atoms with Gasteiger partial charge in [0.15, 0.2) is 0 Å². The molecule has 1 heterocycles. The Morgan fingerprint density at radius 1 is 1.37 bits per heavy atom. The van der Waals surface area contributed by atoms with E-state index in [1.54, 1.807) is 0 Å². The number of aryl methyl sites for hydroxylation is 1. The summed E-state index contributed by atoms with van der Waals surface area (Å²) >= 11 is 3.50. The number of rotatable bonds is 3. The van der Waals surface area contributed by atoms with Crippen molar-refractivity contribution in [2.75, 3.05) is 11.4 Å². The number of nitrogens with one attached hydrogen (secondary N) is 1. The first-order valence-electron chi connectivity index (χ1n) is 6.82. The number of piperidine rings is 1. The molecule has 0 aliphatic carbocycles. The fourth-order valence-corrected chi connectivity index (χ4v) is 3.16. The van der Waals surface area contributed by atoms with Crippen LogP contribution in [0.2, 0.25) is 0 Å². The maximum atomic E-state index is 12.5. The average Bonchev–Trinajstić information content (AvgIpc) is 2.30. The monoisotopic (exact) mass is 324 g/mol. The van der Waals surface area contributed by atoms with E-state index in [0.717, 1.165) is 35.1 Å². The number of hydrogen-bond acceptors (Lipinski definition) is 2. The number of benzene rings is 1. The van der Waals surface area contributed by atoms with Gasteiger partial charge in [0.05, 0.1) is 6.04 Å². The maximum Gasteiger partial charge on any atom is 0.244 e. The number of hydrogen-bond donors (Lipinski definition) is 1. The van der Waals surface area contributed by atoms with E-state index in [2.05, 4.69) is 47.2 Å². The molecule has 0 bridgehead atoms. The molecular weight excluding hydrogens is 304 g/mol. The van der Waals surface area contributed by atoms with Crippen molar-refractivity contribution in [1.82, 2.24) is 5.32 Å². The number of nitrogens with zero attached hydrogens (tertiary/aromatic N) is 1. The number of halogens is 1. The van der Waals surface area contributed by atoms with E-state index in [4.69, 9.17) is 0 Å². The zero-order valence-corrected chi connectivity index (χ0v) is 13.3. The van der Waals surface area contributed by atoms with Gasteiger partial charge >= 0.3 is 0 Å². The molecule has 1 aromatic rings. The van der Waals surface area contributed by atoms with E-state index in [1.165, 1.54) is 0 Å². The fourth-order valence-electron chi connectivity index (χ4n) is 2.56. The van der Waals surface area contributed by atoms with Crippen molar-refractivity contribution in [3.63, 3.8) is 0 Å². The van der Waals surface area contributed by atoms with Crippen molar-refractivity contribution in [3.05, 3.63) is 28.2 Å². The molecule has 1 saturated heterocycles. The van der Waals surface area contributed by atoms with E-state index < -0.39 is 0 Å². The molecule has 19 heavy (non-hydrogen) atoms. The first-order valence-corrected chi connectivity index (χ1v) is 7.61. The minimum atomic E-state index is -0.0481. The molecule has 1 aliphatic rings. The van der Waals surface area contributed by atoms with Gasteiger partial charge in [-0.15, -0.1) is 0 Å². The highest BCUT2D eigenvalue weighted by Crippen LogP contribution is 2.26. The smallest absolute Gasteiger partial charge is 0.244 e. The van der Waals surface area contributed by atoms with E-state index in [9.17, 15) is 4.79 Å². The molecule has 1 N–H and O–H groups in total. The number of carbonyl (C=O) groups excluding carboxylic acids is 1. The van der Waals surface area contributed by atoms with Crippen LogP contribution in [0.5, 0.6) is 0 Å². The summed E-state index contributed by atoms with van der Waals surface area (Å²) < 4.78 is 1.02. The molecule has 1 fully saturated rings. The van der Waals surface area contributed by atoms with Gasteiger partial charge in [0.25, 0.3) is 0 Å². The van der Waals surface area contributed by atoms with Crippen LogP contribution in [-0.4, -0.2) is 24.5 Å². The summed E-state index contributed by atoms with van der Waals surface area (Å²) in [5.41, 5.74) is 2.16. The summed E-state index contributed by atoms with van der Waals surface area (Å²) in [5, 5.41) is 3.36. The predicted octanol–water partition coefficient (Wildman–Crippen LogP) is 3.25. The van der Waals surface area contributed by atoms with Crippen molar-refractivity contribution in [1.29, 1.82) is 0 Å². The van der Waals surface area contributed by atoms with Gasteiger partial charge in [0, 0.05) is 22.7 Å². The average molecular weight is 325 g/mol. The van der Waals surface area contributed by atoms with Crippen molar-refractivity contribution in [2.45, 2.75) is 45.7 Å². The SMILES string of the molecule is Cc1cc(Br)cc(N2CCCC(NC(C)C)C2=O)c1. The molecule has 104 valence electrons. The second-order valence-electron chi connectivity index (χ2n) is 5.49. The Morgan fingerprint density at radius 2 is 2.11 bits per heavy atom. The minimum Gasteiger partial charge on any atom is -0.311 e. The van der Waals surface area contributed by atoms with E-state index in [0.29, 0.717) is 6.04 Å². The van der Waals surface area contributed by atoms with Crippen LogP contribution < -0.4 is 10.2 Å². The summed E-state index contributed by atoms with van der Waals surface area (Å²) in [6, 6.07) is 6.43. The van der Waals surface area contributed by atoms with Crippen molar-refractivity contribution >= 4 is 27.5 Å². The highest BCUT2D eigenvalue weighted by atomic mass is 79.9. The van der Waals surface area contributed by atoms with Gasteiger partial charge in [-0.1, -0.05) is 29.8 Å². The lowest BCUT2D eigenvalue weighted by Crippen LogP contribution is -2.52. The Labute approximate surface area is 123 Å². The normalized spacial score (nSPS) is 20.2. The molecule has 1 amide bonds. The summed E-state index contributed by atoms with van der Waals surface area (Å²) in [6.07, 6.45) is 1.97. The molecule has 1 atom stereocenters. The zero-order valence-electron chi connectivity index (χ0n) is 11.7. The van der Waals surface area contributed by atoms with E-state index in [-0.39, 0.29) is 11.9 Å². The lowest BCUT2D eigenvalue weighted by Gasteiger charge is -2.34. The quantitative estimate of drug-likeness (QED) is 0.925. The van der Waals surface area contributed by atoms with E-state index in [1.807, 2.05) is 17.9 Å². The van der Waals surface area contributed by atoms with Crippen molar-refractivity contribution in [2.24, 2.45) is 0 Å². The first kappa shape index (κ1) is 14.5. The Hall–Kier alpha value is -0.870. The van der Waals surface area contributed by atoms with E-state index >= 15 is 0 Å². The second-order valence-corrected chi connectivity index (χ2v) is 6.41. The molecule has 1 unspecified atom stereocenters. The standard InChI is InChI=1S/C15H21BrN2O/c1-10(2)17-14-5-4-6-18(15(14)19)13-8-11(3)7-12(16)9-13/h7-10,14,17H,4-6H2,1-3H3. The van der Waals surface area contributed by atoms with Gasteiger partial charge in [-0.2, -0.15) is 0 Å². The second kappa shape index (κ2) is 6.06. The molecule has 2 rings (SSSR count).